The van der Waals surface area contributed by atoms with Gasteiger partial charge in [0.2, 0.25) is 11.8 Å². The van der Waals surface area contributed by atoms with Gasteiger partial charge in [0, 0.05) is 32.1 Å². The number of amides is 2. The fraction of sp³-hybridized carbons (Fsp3) is 0.368. The molecule has 2 atom stereocenters. The fourth-order valence-electron chi connectivity index (χ4n) is 3.06. The van der Waals surface area contributed by atoms with Crippen LogP contribution in [0.4, 0.5) is 0 Å². The average molecular weight is 434 g/mol. The van der Waals surface area contributed by atoms with E-state index in [1.165, 1.54) is 0 Å². The van der Waals surface area contributed by atoms with E-state index in [1.54, 1.807) is 4.90 Å². The van der Waals surface area contributed by atoms with E-state index < -0.39 is 29.9 Å². The second kappa shape index (κ2) is 10.3. The number of hydrogen-bond acceptors (Lipinski definition) is 7. The zero-order valence-corrected chi connectivity index (χ0v) is 16.7. The number of nitrogens with zero attached hydrogens (tertiary/aromatic N) is 1. The van der Waals surface area contributed by atoms with Crippen molar-refractivity contribution in [3.05, 3.63) is 35.4 Å². The van der Waals surface area contributed by atoms with E-state index in [1.807, 2.05) is 6.08 Å². The van der Waals surface area contributed by atoms with Crippen molar-refractivity contribution in [3.63, 3.8) is 0 Å². The van der Waals surface area contributed by atoms with Crippen LogP contribution in [0.2, 0.25) is 0 Å². The van der Waals surface area contributed by atoms with Gasteiger partial charge in [-0.05, 0) is 24.1 Å². The summed E-state index contributed by atoms with van der Waals surface area (Å²) in [7, 11) is 0. The van der Waals surface area contributed by atoms with Gasteiger partial charge in [0.1, 0.15) is 11.5 Å². The third kappa shape index (κ3) is 6.89. The number of nitrogens with one attached hydrogen (secondary N) is 3. The van der Waals surface area contributed by atoms with E-state index in [-0.39, 0.29) is 42.4 Å². The number of hydrogen-bond donors (Lipinski definition) is 8. The summed E-state index contributed by atoms with van der Waals surface area (Å²) >= 11 is 0. The number of carbonyl (C=O) groups is 3. The number of carboxylic acids is 1. The van der Waals surface area contributed by atoms with Crippen LogP contribution in [0.3, 0.4) is 0 Å². The van der Waals surface area contributed by atoms with Crippen molar-refractivity contribution in [2.45, 2.75) is 24.9 Å². The molecular weight excluding hydrogens is 408 g/mol. The van der Waals surface area contributed by atoms with Crippen LogP contribution in [0, 0.1) is 5.41 Å². The van der Waals surface area contributed by atoms with E-state index in [0.717, 1.165) is 23.8 Å². The number of guanidine groups is 1. The largest absolute Gasteiger partial charge is 0.508 e. The fourth-order valence-corrected chi connectivity index (χ4v) is 3.06. The Balaban J connectivity index is 1.80. The molecule has 2 rings (SSSR count). The van der Waals surface area contributed by atoms with Crippen molar-refractivity contribution >= 4 is 23.7 Å². The number of nitrogens with two attached hydrogens (primary N) is 2. The predicted molar refractivity (Wildman–Crippen MR) is 110 cm³/mol. The van der Waals surface area contributed by atoms with Crippen molar-refractivity contribution in [2.75, 3.05) is 19.6 Å². The SMILES string of the molecule is N=C(N)N1CC=C(CC(N)C(=O)NCCC(=O)NC(C(=O)O)c2cc(O)cc(O)c2)C1. The molecule has 1 aromatic carbocycles. The Kier molecular flexibility index (Phi) is 7.80. The highest BCUT2D eigenvalue weighted by molar-refractivity contribution is 5.86. The maximum absolute atomic E-state index is 12.1. The molecule has 2 amide bonds. The molecule has 0 saturated carbocycles. The quantitative estimate of drug-likeness (QED) is 0.131. The molecular formula is C19H26N6O6. The summed E-state index contributed by atoms with van der Waals surface area (Å²) in [6.45, 7) is 0.857. The van der Waals surface area contributed by atoms with Crippen LogP contribution < -0.4 is 22.1 Å². The summed E-state index contributed by atoms with van der Waals surface area (Å²) in [5.41, 5.74) is 12.2. The molecule has 12 nitrogen and oxygen atoms in total. The second-order valence-electron chi connectivity index (χ2n) is 7.10. The van der Waals surface area contributed by atoms with Gasteiger partial charge < -0.3 is 42.3 Å². The van der Waals surface area contributed by atoms with Gasteiger partial charge in [-0.15, -0.1) is 0 Å². The molecule has 1 heterocycles. The molecule has 2 unspecified atom stereocenters. The first kappa shape index (κ1) is 23.5. The smallest absolute Gasteiger partial charge is 0.330 e. The normalized spacial score (nSPS) is 15.0. The molecule has 0 spiro atoms. The maximum Gasteiger partial charge on any atom is 0.330 e. The lowest BCUT2D eigenvalue weighted by Crippen LogP contribution is -2.43. The Morgan fingerprint density at radius 1 is 1.19 bits per heavy atom. The van der Waals surface area contributed by atoms with Crippen LogP contribution in [-0.4, -0.2) is 69.6 Å². The van der Waals surface area contributed by atoms with Gasteiger partial charge in [0.15, 0.2) is 12.0 Å². The van der Waals surface area contributed by atoms with Gasteiger partial charge >= 0.3 is 5.97 Å². The first-order chi connectivity index (χ1) is 14.6. The molecule has 10 N–H and O–H groups in total. The lowest BCUT2D eigenvalue weighted by Gasteiger charge is -2.17. The number of benzene rings is 1. The summed E-state index contributed by atoms with van der Waals surface area (Å²) < 4.78 is 0. The van der Waals surface area contributed by atoms with Gasteiger partial charge in [-0.3, -0.25) is 15.0 Å². The molecule has 0 aliphatic carbocycles. The summed E-state index contributed by atoms with van der Waals surface area (Å²) in [6.07, 6.45) is 1.94. The molecule has 0 fully saturated rings. The molecule has 1 aliphatic heterocycles. The minimum absolute atomic E-state index is 0.00569. The lowest BCUT2D eigenvalue weighted by molar-refractivity contribution is -0.142. The number of aliphatic carboxylic acids is 1. The number of phenols is 2. The molecule has 0 aromatic heterocycles. The van der Waals surface area contributed by atoms with Crippen LogP contribution in [-0.2, 0) is 14.4 Å². The van der Waals surface area contributed by atoms with Gasteiger partial charge in [-0.25, -0.2) is 4.79 Å². The highest BCUT2D eigenvalue weighted by atomic mass is 16.4. The Bertz CT molecular complexity index is 882. The first-order valence-electron chi connectivity index (χ1n) is 9.42. The van der Waals surface area contributed by atoms with Gasteiger partial charge in [-0.1, -0.05) is 11.6 Å². The average Bonchev–Trinajstić information content (AvgIpc) is 3.13. The van der Waals surface area contributed by atoms with Gasteiger partial charge in [-0.2, -0.15) is 0 Å². The van der Waals surface area contributed by atoms with Crippen LogP contribution in [0.25, 0.3) is 0 Å². The zero-order chi connectivity index (χ0) is 23.1. The first-order valence-corrected chi connectivity index (χ1v) is 9.42. The molecule has 168 valence electrons. The summed E-state index contributed by atoms with van der Waals surface area (Å²) in [5.74, 6) is -3.26. The molecule has 0 saturated heterocycles. The third-order valence-electron chi connectivity index (χ3n) is 4.62. The maximum atomic E-state index is 12.1. The van der Waals surface area contributed by atoms with E-state index in [4.69, 9.17) is 16.9 Å². The molecule has 0 bridgehead atoms. The lowest BCUT2D eigenvalue weighted by atomic mass is 10.1. The van der Waals surface area contributed by atoms with Crippen LogP contribution >= 0.6 is 0 Å². The van der Waals surface area contributed by atoms with E-state index in [0.29, 0.717) is 13.1 Å². The van der Waals surface area contributed by atoms with Crippen molar-refractivity contribution < 1.29 is 29.7 Å². The van der Waals surface area contributed by atoms with Crippen LogP contribution in [0.5, 0.6) is 11.5 Å². The number of carboxylic acid groups (broad SMARTS) is 1. The summed E-state index contributed by atoms with van der Waals surface area (Å²) in [6, 6.07) is 0.933. The highest BCUT2D eigenvalue weighted by Gasteiger charge is 2.24. The minimum Gasteiger partial charge on any atom is -0.508 e. The number of phenolic OH excluding ortho intramolecular Hbond substituents is 2. The topological polar surface area (TPSA) is 215 Å². The molecule has 31 heavy (non-hydrogen) atoms. The molecule has 0 radical (unpaired) electrons. The Labute approximate surface area is 178 Å². The number of rotatable bonds is 9. The van der Waals surface area contributed by atoms with E-state index >= 15 is 0 Å². The number of carbonyl (C=O) groups excluding carboxylic acids is 2. The van der Waals surface area contributed by atoms with Gasteiger partial charge in [0.25, 0.3) is 0 Å². The predicted octanol–water partition coefficient (Wildman–Crippen LogP) is -1.30. The van der Waals surface area contributed by atoms with Gasteiger partial charge in [0.05, 0.1) is 6.04 Å². The van der Waals surface area contributed by atoms with E-state index in [9.17, 15) is 29.7 Å². The minimum atomic E-state index is -1.48. The molecule has 12 heteroatoms. The Hall–Kier alpha value is -3.80. The van der Waals surface area contributed by atoms with Crippen LogP contribution in [0.15, 0.2) is 29.8 Å². The van der Waals surface area contributed by atoms with E-state index in [2.05, 4.69) is 10.6 Å². The summed E-state index contributed by atoms with van der Waals surface area (Å²) in [5, 5.41) is 40.5. The zero-order valence-electron chi connectivity index (χ0n) is 16.7. The van der Waals surface area contributed by atoms with Crippen molar-refractivity contribution in [3.8, 4) is 11.5 Å². The Morgan fingerprint density at radius 3 is 2.39 bits per heavy atom. The van der Waals surface area contributed by atoms with Crippen LogP contribution in [0.1, 0.15) is 24.4 Å². The highest BCUT2D eigenvalue weighted by Crippen LogP contribution is 2.25. The monoisotopic (exact) mass is 434 g/mol. The standard InChI is InChI=1S/C19H26N6O6/c20-14(5-10-2-4-25(9-10)19(21)22)17(29)23-3-1-15(28)24-16(18(30)31)11-6-12(26)8-13(27)7-11/h2,6-8,14,16,26-27H,1,3-5,9,20H2,(H3,21,22)(H,23,29)(H,24,28)(H,30,31). The molecule has 1 aliphatic rings. The summed E-state index contributed by atoms with van der Waals surface area (Å²) in [4.78, 5) is 37.3. The number of aromatic hydroxyl groups is 2. The van der Waals surface area contributed by atoms with Crippen molar-refractivity contribution in [2.24, 2.45) is 11.5 Å². The molecule has 1 aromatic rings. The third-order valence-corrected chi connectivity index (χ3v) is 4.62. The van der Waals surface area contributed by atoms with Crippen molar-refractivity contribution in [1.29, 1.82) is 5.41 Å². The van der Waals surface area contributed by atoms with Crippen molar-refractivity contribution in [1.82, 2.24) is 15.5 Å². The Morgan fingerprint density at radius 2 is 1.84 bits per heavy atom. The second-order valence-corrected chi connectivity index (χ2v) is 7.10.